The smallest absolute Gasteiger partial charge is 0.452 e. The Labute approximate surface area is 164 Å². The molecule has 1 unspecified atom stereocenters. The minimum Gasteiger partial charge on any atom is -0.466 e. The van der Waals surface area contributed by atoms with Crippen molar-refractivity contribution in [3.8, 4) is 0 Å². The number of pyridine rings is 1. The molecule has 0 saturated carbocycles. The van der Waals surface area contributed by atoms with Crippen LogP contribution in [0.2, 0.25) is 0 Å². The average molecular weight is 407 g/mol. The molecule has 0 saturated heterocycles. The first-order valence-corrected chi connectivity index (χ1v) is 9.02. The minimum atomic E-state index is -4.63. The van der Waals surface area contributed by atoms with E-state index in [1.54, 1.807) is 13.0 Å². The molecule has 29 heavy (non-hydrogen) atoms. The number of carbonyl (C=O) groups is 1. The molecule has 1 N–H and O–H groups in total. The summed E-state index contributed by atoms with van der Waals surface area (Å²) in [5.74, 6) is -2.02. The fourth-order valence-electron chi connectivity index (χ4n) is 3.21. The molecule has 0 radical (unpaired) electrons. The van der Waals surface area contributed by atoms with Crippen LogP contribution >= 0.6 is 0 Å². The standard InChI is InChI=1S/C20H20F3N3O3/c1-3-29-18(28)10-16(13-5-4-12(2)15(8-13)11-27)14-6-7-26-17(9-14)24-25-19(26)20(21,22)23/h4-9,16,27H,3,10-11H2,1-2H3. The van der Waals surface area contributed by atoms with E-state index < -0.39 is 23.9 Å². The highest BCUT2D eigenvalue weighted by atomic mass is 19.4. The molecular formula is C20H20F3N3O3. The number of aliphatic hydroxyl groups is 1. The molecule has 154 valence electrons. The number of esters is 1. The SMILES string of the molecule is CCOC(=O)CC(c1ccc(C)c(CO)c1)c1ccn2c(C(F)(F)F)nnc2c1. The van der Waals surface area contributed by atoms with Crippen molar-refractivity contribution in [3.05, 3.63) is 64.6 Å². The third-order valence-electron chi connectivity index (χ3n) is 4.71. The molecule has 1 atom stereocenters. The van der Waals surface area contributed by atoms with E-state index in [1.807, 2.05) is 19.1 Å². The number of alkyl halides is 3. The van der Waals surface area contributed by atoms with Gasteiger partial charge in [0, 0.05) is 12.1 Å². The summed E-state index contributed by atoms with van der Waals surface area (Å²) in [6, 6.07) is 8.43. The van der Waals surface area contributed by atoms with Crippen molar-refractivity contribution in [1.29, 1.82) is 0 Å². The Morgan fingerprint density at radius 2 is 1.93 bits per heavy atom. The van der Waals surface area contributed by atoms with Crippen LogP contribution in [0.15, 0.2) is 36.5 Å². The molecule has 0 bridgehead atoms. The lowest BCUT2D eigenvalue weighted by Crippen LogP contribution is -2.13. The van der Waals surface area contributed by atoms with Gasteiger partial charge < -0.3 is 9.84 Å². The third-order valence-corrected chi connectivity index (χ3v) is 4.71. The van der Waals surface area contributed by atoms with Gasteiger partial charge in [-0.05, 0) is 48.2 Å². The second kappa shape index (κ2) is 8.20. The number of rotatable bonds is 6. The molecule has 3 aromatic rings. The summed E-state index contributed by atoms with van der Waals surface area (Å²) in [7, 11) is 0. The molecule has 9 heteroatoms. The van der Waals surface area contributed by atoms with Gasteiger partial charge in [0.05, 0.1) is 19.6 Å². The zero-order chi connectivity index (χ0) is 21.2. The maximum Gasteiger partial charge on any atom is 0.452 e. The highest BCUT2D eigenvalue weighted by molar-refractivity contribution is 5.71. The van der Waals surface area contributed by atoms with Gasteiger partial charge in [-0.3, -0.25) is 9.20 Å². The van der Waals surface area contributed by atoms with Gasteiger partial charge in [0.2, 0.25) is 5.82 Å². The normalized spacial score (nSPS) is 12.9. The number of benzene rings is 1. The predicted molar refractivity (Wildman–Crippen MR) is 98.2 cm³/mol. The van der Waals surface area contributed by atoms with Crippen LogP contribution in [0.3, 0.4) is 0 Å². The predicted octanol–water partition coefficient (Wildman–Crippen LogP) is 3.63. The molecule has 2 aromatic heterocycles. The highest BCUT2D eigenvalue weighted by Gasteiger charge is 2.37. The first kappa shape index (κ1) is 20.8. The number of aryl methyl sites for hydroxylation is 1. The topological polar surface area (TPSA) is 76.7 Å². The second-order valence-corrected chi connectivity index (χ2v) is 6.62. The Balaban J connectivity index is 2.07. The Kier molecular flexibility index (Phi) is 5.88. The Morgan fingerprint density at radius 3 is 2.59 bits per heavy atom. The van der Waals surface area contributed by atoms with E-state index in [2.05, 4.69) is 10.2 Å². The van der Waals surface area contributed by atoms with Gasteiger partial charge in [-0.1, -0.05) is 18.2 Å². The van der Waals surface area contributed by atoms with Gasteiger partial charge >= 0.3 is 12.1 Å². The van der Waals surface area contributed by atoms with Crippen molar-refractivity contribution in [1.82, 2.24) is 14.6 Å². The number of halogens is 3. The Hall–Kier alpha value is -2.94. The maximum atomic E-state index is 13.0. The number of hydrogen-bond acceptors (Lipinski definition) is 5. The zero-order valence-electron chi connectivity index (χ0n) is 15.9. The molecule has 0 aliphatic rings. The largest absolute Gasteiger partial charge is 0.466 e. The van der Waals surface area contributed by atoms with Crippen LogP contribution in [0, 0.1) is 6.92 Å². The van der Waals surface area contributed by atoms with Gasteiger partial charge in [0.1, 0.15) is 0 Å². The molecule has 0 amide bonds. The number of ether oxygens (including phenoxy) is 1. The number of fused-ring (bicyclic) bond motifs is 1. The summed E-state index contributed by atoms with van der Waals surface area (Å²) < 4.78 is 45.1. The summed E-state index contributed by atoms with van der Waals surface area (Å²) in [6.07, 6.45) is -3.39. The van der Waals surface area contributed by atoms with Gasteiger partial charge in [0.15, 0.2) is 5.65 Å². The monoisotopic (exact) mass is 407 g/mol. The second-order valence-electron chi connectivity index (χ2n) is 6.62. The summed E-state index contributed by atoms with van der Waals surface area (Å²) in [6.45, 7) is 3.61. The molecule has 0 aliphatic heterocycles. The van der Waals surface area contributed by atoms with Gasteiger partial charge in [-0.15, -0.1) is 10.2 Å². The summed E-state index contributed by atoms with van der Waals surface area (Å²) >= 11 is 0. The van der Waals surface area contributed by atoms with Crippen LogP contribution in [0.4, 0.5) is 13.2 Å². The molecule has 6 nitrogen and oxygen atoms in total. The van der Waals surface area contributed by atoms with Crippen LogP contribution in [0.25, 0.3) is 5.65 Å². The van der Waals surface area contributed by atoms with Crippen molar-refractivity contribution < 1.29 is 27.8 Å². The highest BCUT2D eigenvalue weighted by Crippen LogP contribution is 2.32. The first-order chi connectivity index (χ1) is 13.7. The molecule has 0 aliphatic carbocycles. The van der Waals surface area contributed by atoms with Crippen molar-refractivity contribution in [2.75, 3.05) is 6.61 Å². The lowest BCUT2D eigenvalue weighted by atomic mass is 9.87. The van der Waals surface area contributed by atoms with E-state index in [0.717, 1.165) is 15.5 Å². The van der Waals surface area contributed by atoms with E-state index in [1.165, 1.54) is 18.3 Å². The van der Waals surface area contributed by atoms with Crippen LogP contribution in [-0.4, -0.2) is 32.3 Å². The third kappa shape index (κ3) is 4.40. The summed E-state index contributed by atoms with van der Waals surface area (Å²) in [5.41, 5.74) is 2.97. The van der Waals surface area contributed by atoms with Gasteiger partial charge in [-0.25, -0.2) is 0 Å². The lowest BCUT2D eigenvalue weighted by molar-refractivity contribution is -0.145. The summed E-state index contributed by atoms with van der Waals surface area (Å²) in [4.78, 5) is 12.2. The van der Waals surface area contributed by atoms with Crippen molar-refractivity contribution in [2.24, 2.45) is 0 Å². The maximum absolute atomic E-state index is 13.0. The van der Waals surface area contributed by atoms with Gasteiger partial charge in [0.25, 0.3) is 0 Å². The number of hydrogen-bond donors (Lipinski definition) is 1. The minimum absolute atomic E-state index is 0.00178. The number of carbonyl (C=O) groups excluding carboxylic acids is 1. The van der Waals surface area contributed by atoms with E-state index in [-0.39, 0.29) is 25.3 Å². The van der Waals surface area contributed by atoms with Crippen molar-refractivity contribution in [3.63, 3.8) is 0 Å². The first-order valence-electron chi connectivity index (χ1n) is 9.02. The van der Waals surface area contributed by atoms with Crippen LogP contribution in [0.1, 0.15) is 47.3 Å². The van der Waals surface area contributed by atoms with Crippen LogP contribution < -0.4 is 0 Å². The molecule has 1 aromatic carbocycles. The molecule has 0 spiro atoms. The lowest BCUT2D eigenvalue weighted by Gasteiger charge is -2.19. The number of nitrogens with zero attached hydrogens (tertiary/aromatic N) is 3. The number of aromatic nitrogens is 3. The van der Waals surface area contributed by atoms with Crippen LogP contribution in [-0.2, 0) is 22.3 Å². The van der Waals surface area contributed by atoms with Gasteiger partial charge in [-0.2, -0.15) is 13.2 Å². The van der Waals surface area contributed by atoms with E-state index >= 15 is 0 Å². The van der Waals surface area contributed by atoms with Crippen LogP contribution in [0.5, 0.6) is 0 Å². The summed E-state index contributed by atoms with van der Waals surface area (Å²) in [5, 5.41) is 16.4. The fraction of sp³-hybridized carbons (Fsp3) is 0.350. The molecular weight excluding hydrogens is 387 g/mol. The van der Waals surface area contributed by atoms with Crippen molar-refractivity contribution >= 4 is 11.6 Å². The molecule has 0 fully saturated rings. The average Bonchev–Trinajstić information content (AvgIpc) is 3.10. The van der Waals surface area contributed by atoms with E-state index in [4.69, 9.17) is 4.74 Å². The Morgan fingerprint density at radius 1 is 1.21 bits per heavy atom. The van der Waals surface area contributed by atoms with E-state index in [9.17, 15) is 23.1 Å². The van der Waals surface area contributed by atoms with E-state index in [0.29, 0.717) is 11.1 Å². The van der Waals surface area contributed by atoms with Crippen molar-refractivity contribution in [2.45, 2.75) is 39.0 Å². The number of aliphatic hydroxyl groups excluding tert-OH is 1. The Bertz CT molecular complexity index is 1030. The fourth-order valence-corrected chi connectivity index (χ4v) is 3.21. The quantitative estimate of drug-likeness (QED) is 0.632. The zero-order valence-corrected chi connectivity index (χ0v) is 15.9. The molecule has 3 rings (SSSR count). The molecule has 2 heterocycles.